The largest absolute Gasteiger partial charge is 1.00 e. The first-order valence-electron chi connectivity index (χ1n) is 10.0. The molecule has 0 heterocycles. The number of carbonyl (C=O) groups excluding carboxylic acids is 1. The summed E-state index contributed by atoms with van der Waals surface area (Å²) in [4.78, 5) is 10.8. The van der Waals surface area contributed by atoms with Gasteiger partial charge in [0.2, 0.25) is 10.4 Å². The molecule has 0 aliphatic carbocycles. The molecule has 0 aliphatic rings. The number of ketones is 1. The van der Waals surface area contributed by atoms with E-state index < -0.39 is 10.4 Å². The van der Waals surface area contributed by atoms with E-state index in [2.05, 4.69) is 4.18 Å². The topological polar surface area (TPSA) is 83.5 Å². The van der Waals surface area contributed by atoms with E-state index in [1.54, 1.807) is 6.92 Å². The van der Waals surface area contributed by atoms with Crippen LogP contribution in [0.5, 0.6) is 0 Å². The van der Waals surface area contributed by atoms with Crippen LogP contribution in [-0.4, -0.2) is 25.4 Å². The molecule has 0 aliphatic heterocycles. The molecule has 5 nitrogen and oxygen atoms in total. The minimum atomic E-state index is -4.51. The number of unbranched alkanes of at least 4 members (excludes halogenated alkanes) is 14. The van der Waals surface area contributed by atoms with E-state index in [-0.39, 0.29) is 36.2 Å². The minimum absolute atomic E-state index is 0. The zero-order valence-electron chi connectivity index (χ0n) is 17.0. The second-order valence-corrected chi connectivity index (χ2v) is 8.04. The summed E-state index contributed by atoms with van der Waals surface area (Å²) in [5.74, 6) is 0.309. The van der Waals surface area contributed by atoms with Crippen LogP contribution in [0.15, 0.2) is 0 Å². The minimum Gasteiger partial charge on any atom is -0.726 e. The third-order valence-electron chi connectivity index (χ3n) is 4.40. The van der Waals surface area contributed by atoms with Crippen LogP contribution in [-0.2, 0) is 19.4 Å². The molecule has 0 bridgehead atoms. The fourth-order valence-electron chi connectivity index (χ4n) is 2.94. The molecule has 0 amide bonds. The van der Waals surface area contributed by atoms with Gasteiger partial charge in [-0.15, -0.1) is 0 Å². The van der Waals surface area contributed by atoms with Crippen molar-refractivity contribution in [2.45, 2.75) is 110 Å². The number of Topliss-reactive ketones (excluding diaryl/α,β-unsaturated/α-hetero) is 1. The Morgan fingerprint density at radius 3 is 1.31 bits per heavy atom. The van der Waals surface area contributed by atoms with Gasteiger partial charge in [-0.3, -0.25) is 4.18 Å². The summed E-state index contributed by atoms with van der Waals surface area (Å²) in [6, 6.07) is 0. The van der Waals surface area contributed by atoms with Crippen molar-refractivity contribution in [1.29, 1.82) is 0 Å². The fourth-order valence-corrected chi connectivity index (χ4v) is 3.26. The molecule has 0 atom stereocenters. The van der Waals surface area contributed by atoms with Crippen LogP contribution >= 0.6 is 0 Å². The van der Waals surface area contributed by atoms with Crippen LogP contribution in [0.25, 0.3) is 0 Å². The van der Waals surface area contributed by atoms with Crippen LogP contribution in [0.3, 0.4) is 0 Å². The number of hydrogen-bond acceptors (Lipinski definition) is 5. The summed E-state index contributed by atoms with van der Waals surface area (Å²) in [5.41, 5.74) is 0. The molecular weight excluding hydrogens is 363 g/mol. The summed E-state index contributed by atoms with van der Waals surface area (Å²) < 4.78 is 34.8. The number of rotatable bonds is 19. The molecule has 0 fully saturated rings. The monoisotopic (exact) mass is 400 g/mol. The molecule has 7 heteroatoms. The maximum Gasteiger partial charge on any atom is 1.00 e. The normalized spacial score (nSPS) is 11.3. The van der Waals surface area contributed by atoms with Gasteiger partial charge < -0.3 is 9.35 Å². The van der Waals surface area contributed by atoms with Crippen molar-refractivity contribution in [3.8, 4) is 0 Å². The predicted molar refractivity (Wildman–Crippen MR) is 100 cm³/mol. The van der Waals surface area contributed by atoms with Crippen molar-refractivity contribution < 1.29 is 51.5 Å². The van der Waals surface area contributed by atoms with Gasteiger partial charge in [-0.2, -0.15) is 0 Å². The molecule has 150 valence electrons. The standard InChI is InChI=1S/C19H38O5S.Na/c1-19(20)17-15-13-11-9-7-5-3-2-4-6-8-10-12-14-16-18-24-25(21,22)23;/h2-18H2,1H3,(H,21,22,23);/q;+1/p-1. The van der Waals surface area contributed by atoms with E-state index in [4.69, 9.17) is 0 Å². The van der Waals surface area contributed by atoms with E-state index in [0.717, 1.165) is 25.7 Å². The van der Waals surface area contributed by atoms with Gasteiger partial charge in [-0.05, 0) is 19.8 Å². The van der Waals surface area contributed by atoms with E-state index >= 15 is 0 Å². The quantitative estimate of drug-likeness (QED) is 0.144. The predicted octanol–water partition coefficient (Wildman–Crippen LogP) is 2.30. The van der Waals surface area contributed by atoms with E-state index in [1.165, 1.54) is 70.6 Å². The zero-order chi connectivity index (χ0) is 18.8. The van der Waals surface area contributed by atoms with Crippen molar-refractivity contribution in [2.24, 2.45) is 0 Å². The Morgan fingerprint density at radius 2 is 1.00 bits per heavy atom. The third kappa shape index (κ3) is 26.8. The van der Waals surface area contributed by atoms with Crippen LogP contribution < -0.4 is 29.6 Å². The Kier molecular flexibility index (Phi) is 22.4. The van der Waals surface area contributed by atoms with E-state index in [9.17, 15) is 17.8 Å². The van der Waals surface area contributed by atoms with Gasteiger partial charge in [0.15, 0.2) is 0 Å². The zero-order valence-corrected chi connectivity index (χ0v) is 19.8. The van der Waals surface area contributed by atoms with Gasteiger partial charge in [0.05, 0.1) is 6.61 Å². The van der Waals surface area contributed by atoms with E-state index in [1.807, 2.05) is 0 Å². The average molecular weight is 401 g/mol. The van der Waals surface area contributed by atoms with Gasteiger partial charge in [0.1, 0.15) is 5.78 Å². The number of carbonyl (C=O) groups is 1. The Bertz CT molecular complexity index is 412. The van der Waals surface area contributed by atoms with Crippen LogP contribution in [0.4, 0.5) is 0 Å². The molecule has 0 saturated carbocycles. The second-order valence-electron chi connectivity index (χ2n) is 6.99. The van der Waals surface area contributed by atoms with Gasteiger partial charge in [-0.25, -0.2) is 8.42 Å². The van der Waals surface area contributed by atoms with Gasteiger partial charge >= 0.3 is 29.6 Å². The summed E-state index contributed by atoms with van der Waals surface area (Å²) >= 11 is 0. The molecule has 0 unspecified atom stereocenters. The van der Waals surface area contributed by atoms with Crippen molar-refractivity contribution in [3.63, 3.8) is 0 Å². The van der Waals surface area contributed by atoms with Crippen molar-refractivity contribution >= 4 is 16.2 Å². The SMILES string of the molecule is CC(=O)CCCCCCCCCCCCCCCCCOS(=O)(=O)[O-].[Na+]. The Labute approximate surface area is 183 Å². The molecule has 0 aromatic rings. The van der Waals surface area contributed by atoms with Crippen molar-refractivity contribution in [3.05, 3.63) is 0 Å². The average Bonchev–Trinajstić information content (AvgIpc) is 2.52. The molecule has 26 heavy (non-hydrogen) atoms. The Morgan fingerprint density at radius 1 is 0.692 bits per heavy atom. The Hall–Kier alpha value is 0.540. The summed E-state index contributed by atoms with van der Waals surface area (Å²) in [6.45, 7) is 1.68. The first-order chi connectivity index (χ1) is 11.9. The molecule has 0 rings (SSSR count). The molecule has 0 aromatic heterocycles. The molecule has 0 radical (unpaired) electrons. The van der Waals surface area contributed by atoms with Crippen LogP contribution in [0, 0.1) is 0 Å². The van der Waals surface area contributed by atoms with Crippen molar-refractivity contribution in [1.82, 2.24) is 0 Å². The maximum atomic E-state index is 10.8. The molecule has 0 N–H and O–H groups in total. The van der Waals surface area contributed by atoms with Gasteiger partial charge in [0, 0.05) is 6.42 Å². The fraction of sp³-hybridized carbons (Fsp3) is 0.947. The summed E-state index contributed by atoms with van der Waals surface area (Å²) in [5, 5.41) is 0. The molecular formula is C19H37NaO5S. The van der Waals surface area contributed by atoms with E-state index in [0.29, 0.717) is 12.2 Å². The first kappa shape index (κ1) is 28.7. The summed E-state index contributed by atoms with van der Waals surface area (Å²) in [7, 11) is -4.51. The molecule has 0 aromatic carbocycles. The number of hydrogen-bond donors (Lipinski definition) is 0. The second kappa shape index (κ2) is 20.3. The van der Waals surface area contributed by atoms with Crippen LogP contribution in [0.2, 0.25) is 0 Å². The van der Waals surface area contributed by atoms with Gasteiger partial charge in [-0.1, -0.05) is 83.5 Å². The van der Waals surface area contributed by atoms with Crippen LogP contribution in [0.1, 0.15) is 110 Å². The van der Waals surface area contributed by atoms with Gasteiger partial charge in [0.25, 0.3) is 0 Å². The Balaban J connectivity index is 0. The third-order valence-corrected chi connectivity index (χ3v) is 4.86. The summed E-state index contributed by atoms with van der Waals surface area (Å²) in [6.07, 6.45) is 18.5. The molecule has 0 spiro atoms. The maximum absolute atomic E-state index is 10.8. The first-order valence-corrected chi connectivity index (χ1v) is 11.3. The molecule has 0 saturated heterocycles. The van der Waals surface area contributed by atoms with Crippen molar-refractivity contribution in [2.75, 3.05) is 6.61 Å². The smallest absolute Gasteiger partial charge is 0.726 e.